The molecule has 3 amide bonds. The lowest BCUT2D eigenvalue weighted by Gasteiger charge is -2.18. The number of nitrogens with zero attached hydrogens (tertiary/aromatic N) is 1. The number of halogens is 1. The number of amides is 3. The molecule has 2 atom stereocenters. The highest BCUT2D eigenvalue weighted by atomic mass is 35.5. The standard InChI is InChI=1S/C26H29ClN4O10S/c1-39-23-11-18-21(12-24(23)40-13-16(33)8-15(32)9-25(34)31-42(36,37)38)28-7-6-22(18)41-17-4-5-20(19(27)10-17)30-26(35)29-14-2-3-14/h4-7,10-12,14-16,32-33H,2-3,8-9,13H2,1H3,(H,31,34)(H2,29,30,35)(H,36,37,38). The molecule has 14 nitrogen and oxygen atoms in total. The van der Waals surface area contributed by atoms with Crippen molar-refractivity contribution < 1.29 is 47.0 Å². The third-order valence-electron chi connectivity index (χ3n) is 5.96. The molecular weight excluding hydrogens is 596 g/mol. The summed E-state index contributed by atoms with van der Waals surface area (Å²) in [6, 6.07) is 9.58. The number of aliphatic hydroxyl groups is 2. The SMILES string of the molecule is COc1cc2c(Oc3ccc(NC(=O)NC4CC4)c(Cl)c3)ccnc2cc1OCC(O)CC(O)CC(=O)NS(=O)(=O)O. The Kier molecular flexibility index (Phi) is 9.90. The lowest BCUT2D eigenvalue weighted by molar-refractivity contribution is -0.121. The Morgan fingerprint density at radius 1 is 1.10 bits per heavy atom. The van der Waals surface area contributed by atoms with Gasteiger partial charge < -0.3 is 35.1 Å². The van der Waals surface area contributed by atoms with Crippen molar-refractivity contribution >= 4 is 50.4 Å². The van der Waals surface area contributed by atoms with Crippen molar-refractivity contribution in [3.63, 3.8) is 0 Å². The highest BCUT2D eigenvalue weighted by molar-refractivity contribution is 7.84. The first kappa shape index (κ1) is 31.1. The minimum Gasteiger partial charge on any atom is -0.493 e. The maximum Gasteiger partial charge on any atom is 0.359 e. The van der Waals surface area contributed by atoms with Crippen molar-refractivity contribution in [1.82, 2.24) is 15.0 Å². The predicted octanol–water partition coefficient (Wildman–Crippen LogP) is 2.77. The van der Waals surface area contributed by atoms with Crippen LogP contribution in [0.15, 0.2) is 42.6 Å². The van der Waals surface area contributed by atoms with Crippen LogP contribution in [-0.2, 0) is 15.1 Å². The fourth-order valence-corrected chi connectivity index (χ4v) is 4.49. The van der Waals surface area contributed by atoms with Crippen LogP contribution in [0.5, 0.6) is 23.0 Å². The van der Waals surface area contributed by atoms with E-state index in [0.29, 0.717) is 33.8 Å². The van der Waals surface area contributed by atoms with Gasteiger partial charge in [-0.2, -0.15) is 8.42 Å². The molecule has 2 unspecified atom stereocenters. The predicted molar refractivity (Wildman–Crippen MR) is 151 cm³/mol. The zero-order valence-electron chi connectivity index (χ0n) is 22.2. The molecule has 226 valence electrons. The number of methoxy groups -OCH3 is 1. The number of nitrogens with one attached hydrogen (secondary N) is 3. The molecule has 0 bridgehead atoms. The number of urea groups is 1. The number of ether oxygens (including phenoxy) is 3. The Hall–Kier alpha value is -3.89. The van der Waals surface area contributed by atoms with E-state index in [4.69, 9.17) is 30.4 Å². The minimum absolute atomic E-state index is 0.203. The number of aliphatic hydroxyl groups excluding tert-OH is 2. The number of aromatic nitrogens is 1. The molecule has 3 aromatic rings. The van der Waals surface area contributed by atoms with Crippen molar-refractivity contribution in [2.24, 2.45) is 0 Å². The van der Waals surface area contributed by atoms with Gasteiger partial charge in [0, 0.05) is 36.2 Å². The van der Waals surface area contributed by atoms with Crippen LogP contribution < -0.4 is 29.6 Å². The summed E-state index contributed by atoms with van der Waals surface area (Å²) in [5.41, 5.74) is 0.905. The lowest BCUT2D eigenvalue weighted by atomic mass is 10.1. The summed E-state index contributed by atoms with van der Waals surface area (Å²) in [7, 11) is -3.33. The van der Waals surface area contributed by atoms with Crippen molar-refractivity contribution in [3.8, 4) is 23.0 Å². The van der Waals surface area contributed by atoms with Gasteiger partial charge in [-0.05, 0) is 37.1 Å². The van der Waals surface area contributed by atoms with Gasteiger partial charge in [0.05, 0.1) is 42.0 Å². The average molecular weight is 625 g/mol. The van der Waals surface area contributed by atoms with E-state index in [1.54, 1.807) is 36.4 Å². The second-order valence-electron chi connectivity index (χ2n) is 9.50. The van der Waals surface area contributed by atoms with E-state index in [-0.39, 0.29) is 35.9 Å². The van der Waals surface area contributed by atoms with Gasteiger partial charge in [-0.15, -0.1) is 0 Å². The molecule has 1 fully saturated rings. The fourth-order valence-electron chi connectivity index (χ4n) is 3.90. The maximum atomic E-state index is 12.0. The monoisotopic (exact) mass is 624 g/mol. The van der Waals surface area contributed by atoms with E-state index in [9.17, 15) is 28.2 Å². The Balaban J connectivity index is 1.40. The van der Waals surface area contributed by atoms with Crippen LogP contribution in [0.25, 0.3) is 10.9 Å². The topological polar surface area (TPSA) is 206 Å². The van der Waals surface area contributed by atoms with E-state index in [1.807, 2.05) is 0 Å². The number of fused-ring (bicyclic) bond motifs is 1. The van der Waals surface area contributed by atoms with Gasteiger partial charge >= 0.3 is 16.3 Å². The quantitative estimate of drug-likeness (QED) is 0.152. The number of carbonyl (C=O) groups is 2. The van der Waals surface area contributed by atoms with Crippen LogP contribution in [0.1, 0.15) is 25.7 Å². The molecule has 1 aromatic heterocycles. The summed E-state index contributed by atoms with van der Waals surface area (Å²) in [5.74, 6) is 0.228. The first-order valence-electron chi connectivity index (χ1n) is 12.7. The van der Waals surface area contributed by atoms with Crippen molar-refractivity contribution in [3.05, 3.63) is 47.6 Å². The largest absolute Gasteiger partial charge is 0.493 e. The average Bonchev–Trinajstić information content (AvgIpc) is 3.71. The molecule has 42 heavy (non-hydrogen) atoms. The number of hydrogen-bond acceptors (Lipinski definition) is 10. The van der Waals surface area contributed by atoms with Crippen molar-refractivity contribution in [2.45, 2.75) is 43.9 Å². The molecular formula is C26H29ClN4O10S. The van der Waals surface area contributed by atoms with Gasteiger partial charge in [0.2, 0.25) is 5.91 Å². The van der Waals surface area contributed by atoms with Crippen LogP contribution in [-0.4, -0.2) is 72.1 Å². The number of carbonyl (C=O) groups excluding carboxylic acids is 2. The smallest absolute Gasteiger partial charge is 0.359 e. The number of rotatable bonds is 13. The summed E-state index contributed by atoms with van der Waals surface area (Å²) >= 11 is 6.36. The molecule has 1 heterocycles. The van der Waals surface area contributed by atoms with Crippen LogP contribution in [0.3, 0.4) is 0 Å². The summed E-state index contributed by atoms with van der Waals surface area (Å²) in [5, 5.41) is 26.6. The van der Waals surface area contributed by atoms with Gasteiger partial charge in [0.1, 0.15) is 18.1 Å². The number of anilines is 1. The zero-order chi connectivity index (χ0) is 30.4. The van der Waals surface area contributed by atoms with E-state index >= 15 is 0 Å². The Labute approximate surface area is 245 Å². The van der Waals surface area contributed by atoms with Crippen LogP contribution in [0, 0.1) is 0 Å². The van der Waals surface area contributed by atoms with Crippen LogP contribution >= 0.6 is 11.6 Å². The van der Waals surface area contributed by atoms with Gasteiger partial charge in [0.15, 0.2) is 11.5 Å². The Morgan fingerprint density at radius 3 is 2.52 bits per heavy atom. The number of pyridine rings is 1. The Bertz CT molecular complexity index is 1570. The van der Waals surface area contributed by atoms with E-state index in [0.717, 1.165) is 12.8 Å². The number of hydrogen-bond donors (Lipinski definition) is 6. The van der Waals surface area contributed by atoms with E-state index < -0.39 is 34.8 Å². The third-order valence-corrected chi connectivity index (χ3v) is 6.75. The molecule has 1 aliphatic carbocycles. The summed E-state index contributed by atoms with van der Waals surface area (Å²) < 4.78 is 48.5. The van der Waals surface area contributed by atoms with E-state index in [2.05, 4.69) is 15.6 Å². The van der Waals surface area contributed by atoms with Crippen LogP contribution in [0.2, 0.25) is 5.02 Å². The maximum absolute atomic E-state index is 12.0. The molecule has 4 rings (SSSR count). The molecule has 0 spiro atoms. The Morgan fingerprint density at radius 2 is 1.86 bits per heavy atom. The first-order valence-corrected chi connectivity index (χ1v) is 14.5. The van der Waals surface area contributed by atoms with E-state index in [1.165, 1.54) is 18.0 Å². The van der Waals surface area contributed by atoms with Crippen LogP contribution in [0.4, 0.5) is 10.5 Å². The fraction of sp³-hybridized carbons (Fsp3) is 0.346. The highest BCUT2D eigenvalue weighted by Gasteiger charge is 2.24. The summed E-state index contributed by atoms with van der Waals surface area (Å²) in [4.78, 5) is 27.9. The molecule has 6 N–H and O–H groups in total. The summed E-state index contributed by atoms with van der Waals surface area (Å²) in [6.45, 7) is -0.299. The van der Waals surface area contributed by atoms with Gasteiger partial charge in [-0.25, -0.2) is 9.52 Å². The van der Waals surface area contributed by atoms with Gasteiger partial charge in [-0.3, -0.25) is 14.3 Å². The van der Waals surface area contributed by atoms with Crippen molar-refractivity contribution in [1.29, 1.82) is 0 Å². The second kappa shape index (κ2) is 13.4. The molecule has 1 saturated carbocycles. The minimum atomic E-state index is -4.75. The number of benzene rings is 2. The molecule has 16 heteroatoms. The third kappa shape index (κ3) is 9.06. The lowest BCUT2D eigenvalue weighted by Crippen LogP contribution is -2.34. The zero-order valence-corrected chi connectivity index (χ0v) is 23.8. The van der Waals surface area contributed by atoms with Gasteiger partial charge in [0.25, 0.3) is 0 Å². The molecule has 1 aliphatic rings. The van der Waals surface area contributed by atoms with Crippen molar-refractivity contribution in [2.75, 3.05) is 19.0 Å². The first-order chi connectivity index (χ1) is 19.9. The van der Waals surface area contributed by atoms with Gasteiger partial charge in [-0.1, -0.05) is 11.6 Å². The molecule has 2 aromatic carbocycles. The highest BCUT2D eigenvalue weighted by Crippen LogP contribution is 2.38. The normalized spacial score (nSPS) is 14.5. The molecule has 0 aliphatic heterocycles. The molecule has 0 radical (unpaired) electrons. The second-order valence-corrected chi connectivity index (χ2v) is 11.1. The molecule has 0 saturated heterocycles. The summed E-state index contributed by atoms with van der Waals surface area (Å²) in [6.07, 6.45) is -0.160.